The van der Waals surface area contributed by atoms with Crippen molar-refractivity contribution in [2.75, 3.05) is 24.5 Å². The molecule has 1 aromatic carbocycles. The van der Waals surface area contributed by atoms with Crippen LogP contribution in [0.5, 0.6) is 0 Å². The van der Waals surface area contributed by atoms with E-state index in [1.807, 2.05) is 38.1 Å². The first-order valence-electron chi connectivity index (χ1n) is 8.56. The Labute approximate surface area is 168 Å². The third kappa shape index (κ3) is 5.65. The zero-order valence-corrected chi connectivity index (χ0v) is 17.4. The van der Waals surface area contributed by atoms with Crippen LogP contribution in [0.15, 0.2) is 24.3 Å². The quantitative estimate of drug-likeness (QED) is 0.744. The Kier molecular flexibility index (Phi) is 10.8. The van der Waals surface area contributed by atoms with E-state index >= 15 is 0 Å². The first-order valence-corrected chi connectivity index (χ1v) is 8.94. The molecular formula is C18H30Cl3N3O. The number of hydrogen-bond acceptors (Lipinski definition) is 3. The van der Waals surface area contributed by atoms with Gasteiger partial charge in [0.2, 0.25) is 5.91 Å². The van der Waals surface area contributed by atoms with Crippen LogP contribution in [-0.2, 0) is 4.79 Å². The number of piperidine rings is 1. The molecule has 1 atom stereocenters. The van der Waals surface area contributed by atoms with Crippen molar-refractivity contribution < 1.29 is 4.79 Å². The minimum absolute atomic E-state index is 0. The van der Waals surface area contributed by atoms with Crippen LogP contribution >= 0.6 is 36.4 Å². The van der Waals surface area contributed by atoms with Gasteiger partial charge >= 0.3 is 0 Å². The highest BCUT2D eigenvalue weighted by molar-refractivity contribution is 6.33. The second kappa shape index (κ2) is 11.1. The van der Waals surface area contributed by atoms with Gasteiger partial charge in [0.25, 0.3) is 0 Å². The van der Waals surface area contributed by atoms with Gasteiger partial charge in [0.15, 0.2) is 0 Å². The summed E-state index contributed by atoms with van der Waals surface area (Å²) in [5, 5.41) is 3.99. The van der Waals surface area contributed by atoms with E-state index in [-0.39, 0.29) is 36.8 Å². The molecule has 0 bridgehead atoms. The predicted molar refractivity (Wildman–Crippen MR) is 111 cm³/mol. The second-order valence-corrected chi connectivity index (χ2v) is 6.81. The fourth-order valence-corrected chi connectivity index (χ4v) is 3.57. The van der Waals surface area contributed by atoms with Gasteiger partial charge in [0.1, 0.15) is 0 Å². The molecule has 0 saturated carbocycles. The molecule has 1 unspecified atom stereocenters. The monoisotopic (exact) mass is 409 g/mol. The molecule has 1 saturated heterocycles. The normalized spacial score (nSPS) is 17.3. The summed E-state index contributed by atoms with van der Waals surface area (Å²) in [6, 6.07) is 8.03. The highest BCUT2D eigenvalue weighted by atomic mass is 35.5. The number of amides is 1. The number of hydrogen-bond donors (Lipinski definition) is 2. The molecule has 3 N–H and O–H groups in total. The lowest BCUT2D eigenvalue weighted by atomic mass is 9.81. The molecule has 0 spiro atoms. The second-order valence-electron chi connectivity index (χ2n) is 6.40. The zero-order chi connectivity index (χ0) is 16.9. The maximum atomic E-state index is 12.7. The largest absolute Gasteiger partial charge is 0.368 e. The average Bonchev–Trinajstić information content (AvgIpc) is 2.57. The van der Waals surface area contributed by atoms with Gasteiger partial charge in [-0.25, -0.2) is 0 Å². The summed E-state index contributed by atoms with van der Waals surface area (Å²) in [7, 11) is 0. The summed E-state index contributed by atoms with van der Waals surface area (Å²) in [5.74, 6) is 0.0935. The molecule has 0 aromatic heterocycles. The number of carbonyl (C=O) groups excluding carboxylic acids is 1. The Bertz CT molecular complexity index is 530. The molecule has 0 radical (unpaired) electrons. The number of nitrogens with two attached hydrogens (primary N) is 1. The van der Waals surface area contributed by atoms with Crippen LogP contribution in [0.25, 0.3) is 0 Å². The van der Waals surface area contributed by atoms with Gasteiger partial charge in [0.05, 0.1) is 16.1 Å². The van der Waals surface area contributed by atoms with Gasteiger partial charge < -0.3 is 16.0 Å². The van der Waals surface area contributed by atoms with Gasteiger partial charge in [-0.3, -0.25) is 4.79 Å². The number of benzene rings is 1. The van der Waals surface area contributed by atoms with Crippen molar-refractivity contribution in [3.63, 3.8) is 0 Å². The first-order chi connectivity index (χ1) is 11.1. The van der Waals surface area contributed by atoms with Crippen molar-refractivity contribution in [1.82, 2.24) is 5.32 Å². The Morgan fingerprint density at radius 1 is 1.32 bits per heavy atom. The molecular weight excluding hydrogens is 381 g/mol. The van der Waals surface area contributed by atoms with Crippen molar-refractivity contribution >= 4 is 48.0 Å². The number of para-hydroxylation sites is 1. The molecule has 1 aromatic rings. The minimum Gasteiger partial charge on any atom is -0.368 e. The number of rotatable bonds is 6. The Morgan fingerprint density at radius 2 is 1.96 bits per heavy atom. The number of carbonyl (C=O) groups is 1. The van der Waals surface area contributed by atoms with Gasteiger partial charge in [-0.2, -0.15) is 0 Å². The molecule has 1 amide bonds. The van der Waals surface area contributed by atoms with Crippen molar-refractivity contribution in [1.29, 1.82) is 0 Å². The molecule has 7 heteroatoms. The van der Waals surface area contributed by atoms with Crippen LogP contribution in [0.1, 0.15) is 39.5 Å². The lowest BCUT2D eigenvalue weighted by Gasteiger charge is -2.37. The highest BCUT2D eigenvalue weighted by Crippen LogP contribution is 2.29. The van der Waals surface area contributed by atoms with Gasteiger partial charge in [-0.15, -0.1) is 24.8 Å². The van der Waals surface area contributed by atoms with E-state index < -0.39 is 5.41 Å². The SMILES string of the molecule is CCC(CC)(CN)C(=O)NC1CCCN(c2ccccc2Cl)C1.Cl.Cl. The third-order valence-corrected chi connectivity index (χ3v) is 5.50. The maximum absolute atomic E-state index is 12.7. The molecule has 25 heavy (non-hydrogen) atoms. The van der Waals surface area contributed by atoms with Crippen molar-refractivity contribution in [3.05, 3.63) is 29.3 Å². The van der Waals surface area contributed by atoms with Crippen LogP contribution < -0.4 is 16.0 Å². The molecule has 2 rings (SSSR count). The Balaban J connectivity index is 0.00000288. The van der Waals surface area contributed by atoms with E-state index in [0.29, 0.717) is 6.54 Å². The predicted octanol–water partition coefficient (Wildman–Crippen LogP) is 4.03. The van der Waals surface area contributed by atoms with E-state index in [9.17, 15) is 4.79 Å². The fourth-order valence-electron chi connectivity index (χ4n) is 3.31. The van der Waals surface area contributed by atoms with Gasteiger partial charge in [-0.1, -0.05) is 37.6 Å². The van der Waals surface area contributed by atoms with Crippen LogP contribution in [0.4, 0.5) is 5.69 Å². The van der Waals surface area contributed by atoms with E-state index in [1.165, 1.54) is 0 Å². The van der Waals surface area contributed by atoms with Crippen LogP contribution in [0.2, 0.25) is 5.02 Å². The van der Waals surface area contributed by atoms with E-state index in [0.717, 1.165) is 49.5 Å². The standard InChI is InChI=1S/C18H28ClN3O.2ClH/c1-3-18(4-2,13-20)17(23)21-14-8-7-11-22(12-14)16-10-6-5-9-15(16)19;;/h5-6,9-10,14H,3-4,7-8,11-13,20H2,1-2H3,(H,21,23);2*1H. The Hall–Kier alpha value is -0.680. The van der Waals surface area contributed by atoms with Crippen LogP contribution in [-0.4, -0.2) is 31.6 Å². The smallest absolute Gasteiger partial charge is 0.227 e. The molecule has 4 nitrogen and oxygen atoms in total. The summed E-state index contributed by atoms with van der Waals surface area (Å²) in [6.45, 7) is 6.23. The summed E-state index contributed by atoms with van der Waals surface area (Å²) < 4.78 is 0. The Morgan fingerprint density at radius 3 is 2.52 bits per heavy atom. The summed E-state index contributed by atoms with van der Waals surface area (Å²) >= 11 is 6.31. The number of halogens is 3. The summed E-state index contributed by atoms with van der Waals surface area (Å²) in [4.78, 5) is 15.0. The molecule has 1 fully saturated rings. The molecule has 0 aliphatic carbocycles. The maximum Gasteiger partial charge on any atom is 0.227 e. The van der Waals surface area contributed by atoms with E-state index in [2.05, 4.69) is 10.2 Å². The third-order valence-electron chi connectivity index (χ3n) is 5.18. The number of anilines is 1. The van der Waals surface area contributed by atoms with Gasteiger partial charge in [-0.05, 0) is 37.8 Å². The van der Waals surface area contributed by atoms with Crippen LogP contribution in [0, 0.1) is 5.41 Å². The van der Waals surface area contributed by atoms with Crippen LogP contribution in [0.3, 0.4) is 0 Å². The van der Waals surface area contributed by atoms with Crippen molar-refractivity contribution in [2.24, 2.45) is 11.1 Å². The highest BCUT2D eigenvalue weighted by Gasteiger charge is 2.35. The fraction of sp³-hybridized carbons (Fsp3) is 0.611. The lowest BCUT2D eigenvalue weighted by molar-refractivity contribution is -0.131. The number of nitrogens with zero attached hydrogens (tertiary/aromatic N) is 1. The summed E-state index contributed by atoms with van der Waals surface area (Å²) in [5.41, 5.74) is 6.49. The topological polar surface area (TPSA) is 58.4 Å². The molecule has 1 aliphatic heterocycles. The lowest BCUT2D eigenvalue weighted by Crippen LogP contribution is -2.53. The minimum atomic E-state index is -0.438. The summed E-state index contributed by atoms with van der Waals surface area (Å²) in [6.07, 6.45) is 3.59. The zero-order valence-electron chi connectivity index (χ0n) is 15.0. The van der Waals surface area contributed by atoms with E-state index in [4.69, 9.17) is 17.3 Å². The average molecular weight is 411 g/mol. The molecule has 144 valence electrons. The number of nitrogens with one attached hydrogen (secondary N) is 1. The molecule has 1 heterocycles. The van der Waals surface area contributed by atoms with Crippen molar-refractivity contribution in [3.8, 4) is 0 Å². The molecule has 1 aliphatic rings. The van der Waals surface area contributed by atoms with E-state index in [1.54, 1.807) is 0 Å². The first kappa shape index (κ1) is 24.3. The van der Waals surface area contributed by atoms with Crippen molar-refractivity contribution in [2.45, 2.75) is 45.6 Å². The van der Waals surface area contributed by atoms with Gasteiger partial charge in [0, 0.05) is 25.7 Å².